The Morgan fingerprint density at radius 2 is 1.82 bits per heavy atom. The number of amides is 1. The van der Waals surface area contributed by atoms with Gasteiger partial charge in [0.2, 0.25) is 0 Å². The summed E-state index contributed by atoms with van der Waals surface area (Å²) in [6, 6.07) is 17.6. The van der Waals surface area contributed by atoms with E-state index >= 15 is 0 Å². The quantitative estimate of drug-likeness (QED) is 0.273. The first-order valence-corrected chi connectivity index (χ1v) is 14.2. The van der Waals surface area contributed by atoms with Crippen molar-refractivity contribution in [3.05, 3.63) is 87.3 Å². The van der Waals surface area contributed by atoms with Crippen molar-refractivity contribution in [1.29, 1.82) is 0 Å². The summed E-state index contributed by atoms with van der Waals surface area (Å²) >= 11 is 5.73. The molecule has 40 heavy (non-hydrogen) atoms. The van der Waals surface area contributed by atoms with Crippen molar-refractivity contribution < 1.29 is 9.53 Å². The summed E-state index contributed by atoms with van der Waals surface area (Å²) < 4.78 is 7.03. The van der Waals surface area contributed by atoms with Crippen LogP contribution in [0.5, 0.6) is 0 Å². The average Bonchev–Trinajstić information content (AvgIpc) is 2.91. The minimum Gasteiger partial charge on any atom is -0.385 e. The van der Waals surface area contributed by atoms with Crippen LogP contribution in [0, 0.1) is 19.8 Å². The molecule has 1 saturated heterocycles. The number of pyridine rings is 1. The van der Waals surface area contributed by atoms with Crippen LogP contribution in [0.3, 0.4) is 0 Å². The van der Waals surface area contributed by atoms with Gasteiger partial charge in [0.1, 0.15) is 0 Å². The third kappa shape index (κ3) is 6.37. The van der Waals surface area contributed by atoms with E-state index in [4.69, 9.17) is 17.0 Å². The largest absolute Gasteiger partial charge is 0.385 e. The van der Waals surface area contributed by atoms with E-state index in [-0.39, 0.29) is 17.4 Å². The summed E-state index contributed by atoms with van der Waals surface area (Å²) in [5.74, 6) is 0.490. The summed E-state index contributed by atoms with van der Waals surface area (Å²) in [6.07, 6.45) is 1.81. The zero-order chi connectivity index (χ0) is 28.2. The lowest BCUT2D eigenvalue weighted by atomic mass is 9.83. The number of aromatic nitrogens is 1. The van der Waals surface area contributed by atoms with Crippen LogP contribution < -0.4 is 26.4 Å². The Bertz CT molecular complexity index is 1450. The van der Waals surface area contributed by atoms with Gasteiger partial charge in [0.15, 0.2) is 5.11 Å². The van der Waals surface area contributed by atoms with Crippen LogP contribution in [-0.4, -0.2) is 48.9 Å². The first kappa shape index (κ1) is 27.9. The number of methoxy groups -OCH3 is 1. The number of hydrogen-bond donors (Lipinski definition) is 3. The molecule has 0 radical (unpaired) electrons. The van der Waals surface area contributed by atoms with E-state index in [0.29, 0.717) is 29.7 Å². The fourth-order valence-electron chi connectivity index (χ4n) is 6.00. The van der Waals surface area contributed by atoms with Crippen LogP contribution in [0.2, 0.25) is 0 Å². The van der Waals surface area contributed by atoms with Crippen LogP contribution in [0.25, 0.3) is 0 Å². The molecule has 1 amide bonds. The topological polar surface area (TPSA) is 87.6 Å². The highest BCUT2D eigenvalue weighted by Crippen LogP contribution is 2.39. The normalized spacial score (nSPS) is 17.6. The molecule has 9 heteroatoms. The molecule has 0 saturated carbocycles. The van der Waals surface area contributed by atoms with Gasteiger partial charge in [0.25, 0.3) is 11.5 Å². The van der Waals surface area contributed by atoms with Crippen molar-refractivity contribution in [1.82, 2.24) is 9.88 Å². The van der Waals surface area contributed by atoms with Gasteiger partial charge in [0.05, 0.1) is 11.4 Å². The molecule has 0 spiro atoms. The summed E-state index contributed by atoms with van der Waals surface area (Å²) in [5.41, 5.74) is 6.72. The van der Waals surface area contributed by atoms with Gasteiger partial charge in [-0.15, -0.1) is 0 Å². The number of piperidine rings is 1. The molecule has 2 atom stereocenters. The summed E-state index contributed by atoms with van der Waals surface area (Å²) in [6.45, 7) is 7.58. The molecule has 2 unspecified atom stereocenters. The van der Waals surface area contributed by atoms with Crippen LogP contribution in [-0.2, 0) is 11.3 Å². The number of aryl methyl sites for hydroxylation is 2. The third-order valence-electron chi connectivity index (χ3n) is 7.62. The molecule has 1 aromatic heterocycles. The molecule has 2 aromatic carbocycles. The van der Waals surface area contributed by atoms with E-state index in [9.17, 15) is 9.59 Å². The minimum absolute atomic E-state index is 0.0756. The highest BCUT2D eigenvalue weighted by Gasteiger charge is 2.35. The van der Waals surface area contributed by atoms with Gasteiger partial charge in [-0.1, -0.05) is 12.1 Å². The Kier molecular flexibility index (Phi) is 8.52. The molecule has 2 aliphatic heterocycles. The molecule has 8 nitrogen and oxygen atoms in total. The van der Waals surface area contributed by atoms with Gasteiger partial charge in [-0.05, 0) is 92.4 Å². The molecular weight excluding hydrogens is 522 g/mol. The van der Waals surface area contributed by atoms with Gasteiger partial charge >= 0.3 is 0 Å². The predicted octanol–water partition coefficient (Wildman–Crippen LogP) is 4.66. The zero-order valence-electron chi connectivity index (χ0n) is 23.3. The van der Waals surface area contributed by atoms with Crippen molar-refractivity contribution in [3.8, 4) is 0 Å². The molecule has 1 fully saturated rings. The van der Waals surface area contributed by atoms with E-state index in [1.165, 1.54) is 0 Å². The number of carbonyl (C=O) groups excluding carboxylic acids is 1. The van der Waals surface area contributed by atoms with E-state index in [1.807, 2.05) is 28.8 Å². The van der Waals surface area contributed by atoms with Crippen molar-refractivity contribution in [2.45, 2.75) is 39.2 Å². The minimum atomic E-state index is -0.136. The first-order valence-electron chi connectivity index (χ1n) is 13.8. The number of carbonyl (C=O) groups is 1. The fraction of sp³-hybridized carbons (Fsp3) is 0.387. The maximum absolute atomic E-state index is 13.0. The van der Waals surface area contributed by atoms with Crippen molar-refractivity contribution in [2.24, 2.45) is 5.92 Å². The van der Waals surface area contributed by atoms with Gasteiger partial charge < -0.3 is 30.2 Å². The third-order valence-corrected chi connectivity index (χ3v) is 7.82. The molecule has 2 aliphatic rings. The number of hydrogen-bond acceptors (Lipinski definition) is 5. The Morgan fingerprint density at radius 3 is 2.60 bits per heavy atom. The van der Waals surface area contributed by atoms with Crippen LogP contribution >= 0.6 is 12.2 Å². The van der Waals surface area contributed by atoms with E-state index in [0.717, 1.165) is 66.4 Å². The average molecular weight is 560 g/mol. The molecule has 5 rings (SSSR count). The standard InChI is InChI=1S/C31H37N5O3S/c1-20-12-21(2)14-25(13-20)33-31(40)34-26-16-23(30(38)32-10-5-11-39-3)8-9-28(26)35-17-22-15-24(19-35)27-6-4-7-29(37)36(27)18-22/h4,6-9,12-14,16,22,24H,5,10-11,15,17-19H2,1-3H3,(H,32,38)(H2,33,34,40). The number of thiocarbonyl (C=S) groups is 1. The van der Waals surface area contributed by atoms with Gasteiger partial charge in [-0.25, -0.2) is 0 Å². The number of nitrogens with zero attached hydrogens (tertiary/aromatic N) is 2. The second-order valence-corrected chi connectivity index (χ2v) is 11.3. The van der Waals surface area contributed by atoms with Gasteiger partial charge in [-0.2, -0.15) is 0 Å². The zero-order valence-corrected chi connectivity index (χ0v) is 24.1. The number of nitrogens with one attached hydrogen (secondary N) is 3. The highest BCUT2D eigenvalue weighted by atomic mass is 32.1. The second-order valence-electron chi connectivity index (χ2n) is 10.9. The number of anilines is 3. The maximum atomic E-state index is 13.0. The lowest BCUT2D eigenvalue weighted by molar-refractivity contribution is 0.0948. The van der Waals surface area contributed by atoms with E-state index < -0.39 is 0 Å². The lowest BCUT2D eigenvalue weighted by Gasteiger charge is -2.44. The van der Waals surface area contributed by atoms with Crippen LogP contribution in [0.1, 0.15) is 45.9 Å². The van der Waals surface area contributed by atoms with Gasteiger partial charge in [0, 0.05) is 68.8 Å². The van der Waals surface area contributed by atoms with E-state index in [2.05, 4.69) is 59.0 Å². The Labute approximate surface area is 240 Å². The summed E-state index contributed by atoms with van der Waals surface area (Å²) in [7, 11) is 1.65. The van der Waals surface area contributed by atoms with Crippen LogP contribution in [0.4, 0.5) is 17.1 Å². The summed E-state index contributed by atoms with van der Waals surface area (Å²) in [5, 5.41) is 10.1. The van der Waals surface area contributed by atoms with Crippen LogP contribution in [0.15, 0.2) is 59.4 Å². The van der Waals surface area contributed by atoms with Crippen molar-refractivity contribution >= 4 is 40.3 Å². The molecule has 0 aliphatic carbocycles. The number of rotatable bonds is 8. The smallest absolute Gasteiger partial charge is 0.251 e. The van der Waals surface area contributed by atoms with Crippen molar-refractivity contribution in [2.75, 3.05) is 48.9 Å². The SMILES string of the molecule is COCCCNC(=O)c1ccc(N2CC3CC(C2)c2cccc(=O)n2C3)c(NC(=S)Nc2cc(C)cc(C)c2)c1. The molecule has 210 valence electrons. The summed E-state index contributed by atoms with van der Waals surface area (Å²) in [4.78, 5) is 27.8. The van der Waals surface area contributed by atoms with E-state index in [1.54, 1.807) is 13.2 Å². The molecule has 3 N–H and O–H groups in total. The maximum Gasteiger partial charge on any atom is 0.251 e. The molecular formula is C31H37N5O3S. The number of benzene rings is 2. The number of fused-ring (bicyclic) bond motifs is 4. The molecule has 3 heterocycles. The predicted molar refractivity (Wildman–Crippen MR) is 165 cm³/mol. The Morgan fingerprint density at radius 1 is 1.02 bits per heavy atom. The Balaban J connectivity index is 1.41. The Hall–Kier alpha value is -3.69. The first-order chi connectivity index (χ1) is 19.3. The second kappa shape index (κ2) is 12.2. The highest BCUT2D eigenvalue weighted by molar-refractivity contribution is 7.80. The van der Waals surface area contributed by atoms with Gasteiger partial charge in [-0.3, -0.25) is 9.59 Å². The van der Waals surface area contributed by atoms with Crippen molar-refractivity contribution in [3.63, 3.8) is 0 Å². The fourth-order valence-corrected chi connectivity index (χ4v) is 6.23. The lowest BCUT2D eigenvalue weighted by Crippen LogP contribution is -2.47. The molecule has 2 bridgehead atoms. The number of ether oxygens (including phenoxy) is 1. The molecule has 3 aromatic rings. The monoisotopic (exact) mass is 559 g/mol.